The molecular formula is C15H13N3O2. The van der Waals surface area contributed by atoms with E-state index in [1.54, 1.807) is 36.7 Å². The minimum atomic E-state index is -0.278. The molecule has 0 aliphatic rings. The van der Waals surface area contributed by atoms with Gasteiger partial charge in [0.1, 0.15) is 5.69 Å². The van der Waals surface area contributed by atoms with Crippen LogP contribution in [0.4, 0.5) is 11.4 Å². The Hall–Kier alpha value is -2.82. The molecule has 1 heterocycles. The van der Waals surface area contributed by atoms with Crippen LogP contribution < -0.4 is 5.32 Å². The Morgan fingerprint density at radius 2 is 2.20 bits per heavy atom. The highest BCUT2D eigenvalue weighted by Gasteiger charge is 2.03. The van der Waals surface area contributed by atoms with Crippen molar-refractivity contribution in [1.82, 2.24) is 4.98 Å². The van der Waals surface area contributed by atoms with E-state index in [1.165, 1.54) is 12.1 Å². The highest BCUT2D eigenvalue weighted by atomic mass is 16.3. The molecular weight excluding hydrogens is 254 g/mol. The van der Waals surface area contributed by atoms with Crippen LogP contribution in [0.15, 0.2) is 54.0 Å². The predicted molar refractivity (Wildman–Crippen MR) is 78.5 cm³/mol. The predicted octanol–water partition coefficient (Wildman–Crippen LogP) is 3.44. The number of aryl methyl sites for hydroxylation is 1. The second-order valence-corrected chi connectivity index (χ2v) is 4.20. The lowest BCUT2D eigenvalue weighted by molar-refractivity contribution is -0.111. The van der Waals surface area contributed by atoms with E-state index in [9.17, 15) is 9.70 Å². The zero-order valence-corrected chi connectivity index (χ0v) is 10.9. The van der Waals surface area contributed by atoms with Gasteiger partial charge in [-0.15, -0.1) is 4.91 Å². The molecule has 100 valence electrons. The molecule has 0 saturated carbocycles. The molecule has 5 heteroatoms. The molecule has 1 aromatic heterocycles. The molecule has 20 heavy (non-hydrogen) atoms. The molecule has 0 aliphatic heterocycles. The van der Waals surface area contributed by atoms with E-state index < -0.39 is 0 Å². The quantitative estimate of drug-likeness (QED) is 0.681. The van der Waals surface area contributed by atoms with E-state index in [0.29, 0.717) is 5.69 Å². The van der Waals surface area contributed by atoms with Crippen molar-refractivity contribution in [2.45, 2.75) is 6.92 Å². The molecule has 0 aliphatic carbocycles. The molecule has 2 rings (SSSR count). The molecule has 0 fully saturated rings. The summed E-state index contributed by atoms with van der Waals surface area (Å²) in [5.74, 6) is -0.278. The SMILES string of the molecule is Cc1ccc(N=O)cc1NC(=O)/C=C/c1cccnc1. The second kappa shape index (κ2) is 6.38. The zero-order chi connectivity index (χ0) is 14.4. The number of benzene rings is 1. The standard InChI is InChI=1S/C15H13N3O2/c1-11-4-6-13(18-20)9-14(11)17-15(19)7-5-12-3-2-8-16-10-12/h2-10H,1H3,(H,17,19)/b7-5+. The van der Waals surface area contributed by atoms with Crippen LogP contribution in [0.5, 0.6) is 0 Å². The van der Waals surface area contributed by atoms with Gasteiger partial charge in [0.25, 0.3) is 0 Å². The van der Waals surface area contributed by atoms with Crippen LogP contribution in [0, 0.1) is 11.8 Å². The number of nitrogens with zero attached hydrogens (tertiary/aromatic N) is 2. The fraction of sp³-hybridized carbons (Fsp3) is 0.0667. The fourth-order valence-corrected chi connectivity index (χ4v) is 1.62. The Bertz CT molecular complexity index is 651. The molecule has 5 nitrogen and oxygen atoms in total. The van der Waals surface area contributed by atoms with Crippen LogP contribution in [0.1, 0.15) is 11.1 Å². The normalized spacial score (nSPS) is 10.4. The Morgan fingerprint density at radius 1 is 1.35 bits per heavy atom. The average molecular weight is 267 g/mol. The first kappa shape index (κ1) is 13.6. The minimum Gasteiger partial charge on any atom is -0.322 e. The summed E-state index contributed by atoms with van der Waals surface area (Å²) < 4.78 is 0. The van der Waals surface area contributed by atoms with Crippen molar-refractivity contribution in [3.63, 3.8) is 0 Å². The average Bonchev–Trinajstić information content (AvgIpc) is 2.48. The lowest BCUT2D eigenvalue weighted by atomic mass is 10.2. The first-order valence-electron chi connectivity index (χ1n) is 6.02. The second-order valence-electron chi connectivity index (χ2n) is 4.20. The van der Waals surface area contributed by atoms with Crippen molar-refractivity contribution >= 4 is 23.4 Å². The molecule has 0 unspecified atom stereocenters. The van der Waals surface area contributed by atoms with Crippen molar-refractivity contribution in [3.05, 3.63) is 64.8 Å². The van der Waals surface area contributed by atoms with Gasteiger partial charge in [0, 0.05) is 24.2 Å². The molecule has 1 N–H and O–H groups in total. The van der Waals surface area contributed by atoms with E-state index >= 15 is 0 Å². The smallest absolute Gasteiger partial charge is 0.248 e. The Morgan fingerprint density at radius 3 is 2.90 bits per heavy atom. The number of pyridine rings is 1. The van der Waals surface area contributed by atoms with Gasteiger partial charge in [-0.2, -0.15) is 0 Å². The fourth-order valence-electron chi connectivity index (χ4n) is 1.62. The number of rotatable bonds is 4. The highest BCUT2D eigenvalue weighted by Crippen LogP contribution is 2.22. The van der Waals surface area contributed by atoms with Gasteiger partial charge in [-0.05, 0) is 47.5 Å². The van der Waals surface area contributed by atoms with Crippen LogP contribution in [0.3, 0.4) is 0 Å². The van der Waals surface area contributed by atoms with Crippen LogP contribution in [0.25, 0.3) is 6.08 Å². The maximum Gasteiger partial charge on any atom is 0.248 e. The van der Waals surface area contributed by atoms with Crippen molar-refractivity contribution < 1.29 is 4.79 Å². The first-order chi connectivity index (χ1) is 9.69. The van der Waals surface area contributed by atoms with Gasteiger partial charge in [-0.25, -0.2) is 0 Å². The number of carbonyl (C=O) groups is 1. The molecule has 0 saturated heterocycles. The maximum atomic E-state index is 11.8. The number of nitroso groups, excluding NO2 is 1. The third kappa shape index (κ3) is 3.58. The summed E-state index contributed by atoms with van der Waals surface area (Å²) in [6, 6.07) is 8.51. The molecule has 0 atom stereocenters. The number of nitrogens with one attached hydrogen (secondary N) is 1. The molecule has 0 spiro atoms. The van der Waals surface area contributed by atoms with Gasteiger partial charge in [-0.3, -0.25) is 9.78 Å². The molecule has 0 radical (unpaired) electrons. The van der Waals surface area contributed by atoms with Gasteiger partial charge in [0.2, 0.25) is 5.91 Å². The minimum absolute atomic E-state index is 0.278. The number of anilines is 1. The monoisotopic (exact) mass is 267 g/mol. The Labute approximate surface area is 116 Å². The molecule has 1 amide bonds. The van der Waals surface area contributed by atoms with Gasteiger partial charge >= 0.3 is 0 Å². The van der Waals surface area contributed by atoms with Gasteiger partial charge in [0.05, 0.1) is 0 Å². The van der Waals surface area contributed by atoms with Gasteiger partial charge in [-0.1, -0.05) is 12.1 Å². The van der Waals surface area contributed by atoms with Crippen LogP contribution in [0.2, 0.25) is 0 Å². The van der Waals surface area contributed by atoms with E-state index in [1.807, 2.05) is 13.0 Å². The zero-order valence-electron chi connectivity index (χ0n) is 10.9. The maximum absolute atomic E-state index is 11.8. The third-order valence-electron chi connectivity index (χ3n) is 2.70. The van der Waals surface area contributed by atoms with E-state index in [4.69, 9.17) is 0 Å². The summed E-state index contributed by atoms with van der Waals surface area (Å²) in [6.45, 7) is 1.84. The summed E-state index contributed by atoms with van der Waals surface area (Å²) in [6.07, 6.45) is 6.40. The number of aromatic nitrogens is 1. The Balaban J connectivity index is 2.08. The van der Waals surface area contributed by atoms with Crippen LogP contribution in [-0.2, 0) is 4.79 Å². The van der Waals surface area contributed by atoms with Gasteiger partial charge in [0.15, 0.2) is 0 Å². The van der Waals surface area contributed by atoms with E-state index in [-0.39, 0.29) is 11.6 Å². The van der Waals surface area contributed by atoms with Crippen molar-refractivity contribution in [2.24, 2.45) is 5.18 Å². The van der Waals surface area contributed by atoms with E-state index in [0.717, 1.165) is 11.1 Å². The van der Waals surface area contributed by atoms with Crippen molar-refractivity contribution in [2.75, 3.05) is 5.32 Å². The lowest BCUT2D eigenvalue weighted by Crippen LogP contribution is -2.08. The summed E-state index contributed by atoms with van der Waals surface area (Å²) in [4.78, 5) is 26.2. The summed E-state index contributed by atoms with van der Waals surface area (Å²) in [5, 5.41) is 5.56. The van der Waals surface area contributed by atoms with Crippen LogP contribution in [-0.4, -0.2) is 10.9 Å². The number of carbonyl (C=O) groups excluding carboxylic acids is 1. The summed E-state index contributed by atoms with van der Waals surface area (Å²) in [7, 11) is 0. The van der Waals surface area contributed by atoms with Crippen molar-refractivity contribution in [3.8, 4) is 0 Å². The molecule has 2 aromatic rings. The Kier molecular flexibility index (Phi) is 4.34. The highest BCUT2D eigenvalue weighted by molar-refractivity contribution is 6.02. The molecule has 0 bridgehead atoms. The number of hydrogen-bond acceptors (Lipinski definition) is 4. The number of hydrogen-bond donors (Lipinski definition) is 1. The largest absolute Gasteiger partial charge is 0.322 e. The summed E-state index contributed by atoms with van der Waals surface area (Å²) >= 11 is 0. The first-order valence-corrected chi connectivity index (χ1v) is 6.02. The summed E-state index contributed by atoms with van der Waals surface area (Å²) in [5.41, 5.74) is 2.55. The van der Waals surface area contributed by atoms with Crippen molar-refractivity contribution in [1.29, 1.82) is 0 Å². The lowest BCUT2D eigenvalue weighted by Gasteiger charge is -2.06. The topological polar surface area (TPSA) is 71.4 Å². The third-order valence-corrected chi connectivity index (χ3v) is 2.70. The van der Waals surface area contributed by atoms with Gasteiger partial charge < -0.3 is 5.32 Å². The molecule has 1 aromatic carbocycles. The van der Waals surface area contributed by atoms with Crippen LogP contribution >= 0.6 is 0 Å². The number of amides is 1. The van der Waals surface area contributed by atoms with E-state index in [2.05, 4.69) is 15.5 Å².